The quantitative estimate of drug-likeness (QED) is 0.370. The van der Waals surface area contributed by atoms with Gasteiger partial charge in [-0.05, 0) is 13.8 Å². The molecule has 0 radical (unpaired) electrons. The minimum Gasteiger partial charge on any atom is -0.481 e. The molecule has 1 N–H and O–H groups in total. The number of carbonyl (C=O) groups is 2. The summed E-state index contributed by atoms with van der Waals surface area (Å²) < 4.78 is 15.1. The van der Waals surface area contributed by atoms with Crippen molar-refractivity contribution in [1.82, 2.24) is 0 Å². The molecule has 0 atom stereocenters. The van der Waals surface area contributed by atoms with Crippen molar-refractivity contribution in [3.8, 4) is 0 Å². The first-order chi connectivity index (χ1) is 8.01. The zero-order valence-electron chi connectivity index (χ0n) is 10.1. The van der Waals surface area contributed by atoms with Crippen molar-refractivity contribution in [3.63, 3.8) is 0 Å². The van der Waals surface area contributed by atoms with E-state index in [9.17, 15) is 9.59 Å². The number of carboxylic acid groups (broad SMARTS) is 1. The number of hydrogen-bond acceptors (Lipinski definition) is 5. The van der Waals surface area contributed by atoms with E-state index in [0.717, 1.165) is 0 Å². The predicted octanol–water partition coefficient (Wildman–Crippen LogP) is 0.960. The molecule has 0 aromatic carbocycles. The molecule has 0 spiro atoms. The van der Waals surface area contributed by atoms with Gasteiger partial charge in [0.2, 0.25) is 0 Å². The molecule has 0 aliphatic carbocycles. The molecule has 0 rings (SSSR count). The van der Waals surface area contributed by atoms with Crippen molar-refractivity contribution in [2.75, 3.05) is 19.8 Å². The molecule has 0 saturated heterocycles. The van der Waals surface area contributed by atoms with Crippen LogP contribution in [-0.2, 0) is 23.8 Å². The van der Waals surface area contributed by atoms with E-state index in [1.165, 1.54) is 0 Å². The molecule has 17 heavy (non-hydrogen) atoms. The van der Waals surface area contributed by atoms with Crippen LogP contribution in [0.4, 0.5) is 0 Å². The topological polar surface area (TPSA) is 82.1 Å². The van der Waals surface area contributed by atoms with Gasteiger partial charge in [-0.15, -0.1) is 0 Å². The molecule has 0 amide bonds. The zero-order valence-corrected chi connectivity index (χ0v) is 10.1. The van der Waals surface area contributed by atoms with E-state index in [-0.39, 0.29) is 12.2 Å². The van der Waals surface area contributed by atoms with E-state index in [2.05, 4.69) is 6.58 Å². The lowest BCUT2D eigenvalue weighted by Crippen LogP contribution is -2.26. The summed E-state index contributed by atoms with van der Waals surface area (Å²) in [4.78, 5) is 21.6. The Balaban J connectivity index is 4.02. The molecule has 98 valence electrons. The van der Waals surface area contributed by atoms with Crippen LogP contribution < -0.4 is 0 Å². The van der Waals surface area contributed by atoms with Gasteiger partial charge in [0.15, 0.2) is 6.29 Å². The van der Waals surface area contributed by atoms with Crippen LogP contribution >= 0.6 is 0 Å². The lowest BCUT2D eigenvalue weighted by atomic mass is 10.2. The molecule has 0 aromatic heterocycles. The third-order valence-corrected chi connectivity index (χ3v) is 1.71. The fourth-order valence-corrected chi connectivity index (χ4v) is 1.02. The van der Waals surface area contributed by atoms with Gasteiger partial charge in [0.1, 0.15) is 6.61 Å². The maximum absolute atomic E-state index is 11.3. The smallest absolute Gasteiger partial charge is 0.334 e. The molecule has 0 saturated carbocycles. The van der Waals surface area contributed by atoms with Gasteiger partial charge in [-0.2, -0.15) is 0 Å². The standard InChI is InChI=1S/C11H18O6/c1-4-15-10(16-5-2)7-17-11(14)8(3)6-9(12)13/h10H,3-7H2,1-2H3,(H,12,13). The molecule has 6 heteroatoms. The SMILES string of the molecule is C=C(CC(=O)O)C(=O)OCC(OCC)OCC. The van der Waals surface area contributed by atoms with E-state index < -0.39 is 24.6 Å². The molecule has 0 fully saturated rings. The van der Waals surface area contributed by atoms with Crippen molar-refractivity contribution in [1.29, 1.82) is 0 Å². The average molecular weight is 246 g/mol. The normalized spacial score (nSPS) is 10.3. The van der Waals surface area contributed by atoms with Gasteiger partial charge < -0.3 is 19.3 Å². The van der Waals surface area contributed by atoms with Crippen molar-refractivity contribution in [3.05, 3.63) is 12.2 Å². The molecule has 0 bridgehead atoms. The molecular formula is C11H18O6. The van der Waals surface area contributed by atoms with E-state index in [0.29, 0.717) is 13.2 Å². The minimum absolute atomic E-state index is 0.0842. The second-order valence-corrected chi connectivity index (χ2v) is 3.11. The van der Waals surface area contributed by atoms with Gasteiger partial charge in [0.05, 0.1) is 6.42 Å². The highest BCUT2D eigenvalue weighted by Crippen LogP contribution is 2.03. The van der Waals surface area contributed by atoms with E-state index in [1.54, 1.807) is 13.8 Å². The summed E-state index contributed by atoms with van der Waals surface area (Å²) in [5.41, 5.74) is -0.107. The summed E-state index contributed by atoms with van der Waals surface area (Å²) >= 11 is 0. The minimum atomic E-state index is -1.13. The number of carboxylic acids is 1. The largest absolute Gasteiger partial charge is 0.481 e. The maximum atomic E-state index is 11.3. The molecule has 0 aromatic rings. The Labute approximate surface area is 100 Å². The number of rotatable bonds is 9. The highest BCUT2D eigenvalue weighted by Gasteiger charge is 2.15. The fourth-order valence-electron chi connectivity index (χ4n) is 1.02. The first-order valence-electron chi connectivity index (χ1n) is 5.31. The Morgan fingerprint density at radius 1 is 1.24 bits per heavy atom. The summed E-state index contributed by atoms with van der Waals surface area (Å²) in [6.07, 6.45) is -1.07. The van der Waals surface area contributed by atoms with Crippen LogP contribution in [-0.4, -0.2) is 43.2 Å². The molecule has 0 heterocycles. The summed E-state index contributed by atoms with van der Waals surface area (Å²) in [5, 5.41) is 8.46. The second kappa shape index (κ2) is 8.72. The van der Waals surface area contributed by atoms with Crippen LogP contribution in [0.5, 0.6) is 0 Å². The van der Waals surface area contributed by atoms with Gasteiger partial charge in [0.25, 0.3) is 0 Å². The Morgan fingerprint density at radius 3 is 2.18 bits per heavy atom. The van der Waals surface area contributed by atoms with Crippen LogP contribution in [0.25, 0.3) is 0 Å². The average Bonchev–Trinajstić information content (AvgIpc) is 2.25. The summed E-state index contributed by atoms with van der Waals surface area (Å²) in [7, 11) is 0. The van der Waals surface area contributed by atoms with Crippen molar-refractivity contribution in [2.24, 2.45) is 0 Å². The Morgan fingerprint density at radius 2 is 1.76 bits per heavy atom. The lowest BCUT2D eigenvalue weighted by Gasteiger charge is -2.16. The summed E-state index contributed by atoms with van der Waals surface area (Å²) in [6, 6.07) is 0. The van der Waals surface area contributed by atoms with E-state index in [1.807, 2.05) is 0 Å². The molecular weight excluding hydrogens is 228 g/mol. The van der Waals surface area contributed by atoms with Crippen molar-refractivity contribution in [2.45, 2.75) is 26.6 Å². The third-order valence-electron chi connectivity index (χ3n) is 1.71. The molecule has 0 aliphatic rings. The van der Waals surface area contributed by atoms with E-state index >= 15 is 0 Å². The van der Waals surface area contributed by atoms with Crippen LogP contribution in [0.15, 0.2) is 12.2 Å². The zero-order chi connectivity index (χ0) is 13.3. The number of aliphatic carboxylic acids is 1. The first-order valence-corrected chi connectivity index (χ1v) is 5.31. The van der Waals surface area contributed by atoms with Crippen LogP contribution in [0.1, 0.15) is 20.3 Å². The number of ether oxygens (including phenoxy) is 3. The monoisotopic (exact) mass is 246 g/mol. The van der Waals surface area contributed by atoms with Gasteiger partial charge >= 0.3 is 11.9 Å². The van der Waals surface area contributed by atoms with Gasteiger partial charge in [-0.1, -0.05) is 6.58 Å². The number of carbonyl (C=O) groups excluding carboxylic acids is 1. The Kier molecular flexibility index (Phi) is 8.00. The van der Waals surface area contributed by atoms with Crippen molar-refractivity contribution < 1.29 is 28.9 Å². The predicted molar refractivity (Wildman–Crippen MR) is 59.4 cm³/mol. The second-order valence-electron chi connectivity index (χ2n) is 3.11. The number of hydrogen-bond donors (Lipinski definition) is 1. The van der Waals surface area contributed by atoms with Gasteiger partial charge in [-0.25, -0.2) is 4.79 Å². The van der Waals surface area contributed by atoms with Gasteiger partial charge in [-0.3, -0.25) is 4.79 Å². The molecule has 0 aliphatic heterocycles. The lowest BCUT2D eigenvalue weighted by molar-refractivity contribution is -0.177. The van der Waals surface area contributed by atoms with Crippen LogP contribution in [0.2, 0.25) is 0 Å². The van der Waals surface area contributed by atoms with Gasteiger partial charge in [0, 0.05) is 18.8 Å². The van der Waals surface area contributed by atoms with E-state index in [4.69, 9.17) is 19.3 Å². The molecule has 6 nitrogen and oxygen atoms in total. The number of esters is 1. The highest BCUT2D eigenvalue weighted by molar-refractivity contribution is 5.92. The fraction of sp³-hybridized carbons (Fsp3) is 0.636. The third kappa shape index (κ3) is 7.48. The highest BCUT2D eigenvalue weighted by atomic mass is 16.7. The first kappa shape index (κ1) is 15.6. The Bertz CT molecular complexity index is 267. The van der Waals surface area contributed by atoms with Crippen LogP contribution in [0.3, 0.4) is 0 Å². The summed E-state index contributed by atoms with van der Waals surface area (Å²) in [6.45, 7) is 7.68. The van der Waals surface area contributed by atoms with Crippen molar-refractivity contribution >= 4 is 11.9 Å². The maximum Gasteiger partial charge on any atom is 0.334 e. The molecule has 0 unspecified atom stereocenters. The van der Waals surface area contributed by atoms with Crippen LogP contribution in [0, 0.1) is 0 Å². The Hall–Kier alpha value is -1.40. The summed E-state index contributed by atoms with van der Waals surface area (Å²) in [5.74, 6) is -1.88.